The molecule has 0 N–H and O–H groups in total. The average molecular weight is 335 g/mol. The minimum atomic E-state index is -0.358. The Bertz CT molecular complexity index is 516. The van der Waals surface area contributed by atoms with Gasteiger partial charge in [0, 0.05) is 13.1 Å². The third kappa shape index (κ3) is 6.60. The molecular weight excluding hydrogens is 306 g/mol. The smallest absolute Gasteiger partial charge is 0.410 e. The lowest BCUT2D eigenvalue weighted by molar-refractivity contribution is 0.0522. The van der Waals surface area contributed by atoms with Gasteiger partial charge in [-0.3, -0.25) is 0 Å². The van der Waals surface area contributed by atoms with Gasteiger partial charge in [0.15, 0.2) is 0 Å². The second kappa shape index (κ2) is 11.5. The van der Waals surface area contributed by atoms with Gasteiger partial charge in [-0.1, -0.05) is 44.4 Å². The summed E-state index contributed by atoms with van der Waals surface area (Å²) in [5, 5.41) is 0. The normalized spacial score (nSPS) is 10.3. The number of nitrogens with zero attached hydrogens (tertiary/aromatic N) is 1. The Balaban J connectivity index is 2.84. The maximum Gasteiger partial charge on any atom is 0.410 e. The molecular formula is C19H29NO4. The van der Waals surface area contributed by atoms with E-state index < -0.39 is 0 Å². The number of unbranched alkanes of at least 4 members (excludes halogenated alkanes) is 3. The van der Waals surface area contributed by atoms with Gasteiger partial charge in [-0.25, -0.2) is 9.59 Å². The molecule has 0 radical (unpaired) electrons. The topological polar surface area (TPSA) is 55.8 Å². The van der Waals surface area contributed by atoms with Gasteiger partial charge >= 0.3 is 12.1 Å². The van der Waals surface area contributed by atoms with Crippen molar-refractivity contribution >= 4 is 12.1 Å². The van der Waals surface area contributed by atoms with Crippen LogP contribution in [-0.4, -0.2) is 36.7 Å². The first-order valence-corrected chi connectivity index (χ1v) is 8.80. The van der Waals surface area contributed by atoms with Crippen molar-refractivity contribution in [2.45, 2.75) is 53.0 Å². The number of esters is 1. The molecule has 0 aliphatic carbocycles. The van der Waals surface area contributed by atoms with Crippen LogP contribution >= 0.6 is 0 Å². The van der Waals surface area contributed by atoms with Crippen LogP contribution in [-0.2, 0) is 16.0 Å². The number of amides is 1. The van der Waals surface area contributed by atoms with E-state index in [4.69, 9.17) is 9.47 Å². The minimum absolute atomic E-state index is 0.325. The highest BCUT2D eigenvalue weighted by Crippen LogP contribution is 2.15. The van der Waals surface area contributed by atoms with E-state index in [0.717, 1.165) is 31.2 Å². The molecule has 0 unspecified atom stereocenters. The summed E-state index contributed by atoms with van der Waals surface area (Å²) in [6, 6.07) is 7.24. The van der Waals surface area contributed by atoms with Crippen LogP contribution in [0.2, 0.25) is 0 Å². The fourth-order valence-electron chi connectivity index (χ4n) is 2.45. The van der Waals surface area contributed by atoms with Crippen LogP contribution in [0.3, 0.4) is 0 Å². The summed E-state index contributed by atoms with van der Waals surface area (Å²) in [6.07, 6.45) is 3.95. The zero-order chi connectivity index (χ0) is 17.8. The van der Waals surface area contributed by atoms with Crippen molar-refractivity contribution in [1.29, 1.82) is 0 Å². The van der Waals surface area contributed by atoms with Crippen LogP contribution in [0.4, 0.5) is 4.79 Å². The molecule has 0 aliphatic rings. The monoisotopic (exact) mass is 335 g/mol. The number of ether oxygens (including phenoxy) is 2. The lowest BCUT2D eigenvalue weighted by Gasteiger charge is -2.23. The Hall–Kier alpha value is -2.04. The lowest BCUT2D eigenvalue weighted by atomic mass is 10.1. The van der Waals surface area contributed by atoms with E-state index in [-0.39, 0.29) is 12.1 Å². The molecule has 0 saturated carbocycles. The number of rotatable bonds is 10. The van der Waals surface area contributed by atoms with E-state index >= 15 is 0 Å². The summed E-state index contributed by atoms with van der Waals surface area (Å²) in [5.74, 6) is -0.358. The number of hydrogen-bond donors (Lipinski definition) is 0. The highest BCUT2D eigenvalue weighted by molar-refractivity contribution is 5.91. The quantitative estimate of drug-likeness (QED) is 0.470. The summed E-state index contributed by atoms with van der Waals surface area (Å²) in [6.45, 7) is 7.35. The maximum atomic E-state index is 12.2. The molecule has 0 aromatic heterocycles. The SMILES string of the molecule is CCCCCCN(Cc1ccccc1C(=O)OCC)C(=O)OCC. The van der Waals surface area contributed by atoms with Gasteiger partial charge < -0.3 is 14.4 Å². The van der Waals surface area contributed by atoms with Crippen LogP contribution in [0, 0.1) is 0 Å². The molecule has 0 fully saturated rings. The lowest BCUT2D eigenvalue weighted by Crippen LogP contribution is -2.32. The fraction of sp³-hybridized carbons (Fsp3) is 0.579. The summed E-state index contributed by atoms with van der Waals surface area (Å²) in [7, 11) is 0. The Morgan fingerprint density at radius 1 is 0.958 bits per heavy atom. The van der Waals surface area contributed by atoms with Crippen LogP contribution in [0.25, 0.3) is 0 Å². The van der Waals surface area contributed by atoms with Crippen molar-refractivity contribution < 1.29 is 19.1 Å². The van der Waals surface area contributed by atoms with Crippen molar-refractivity contribution in [3.63, 3.8) is 0 Å². The summed E-state index contributed by atoms with van der Waals surface area (Å²) in [4.78, 5) is 26.0. The molecule has 0 aliphatic heterocycles. The molecule has 0 atom stereocenters. The number of carbonyl (C=O) groups excluding carboxylic acids is 2. The molecule has 5 heteroatoms. The Morgan fingerprint density at radius 2 is 1.67 bits per heavy atom. The zero-order valence-corrected chi connectivity index (χ0v) is 15.0. The van der Waals surface area contributed by atoms with E-state index in [9.17, 15) is 9.59 Å². The van der Waals surface area contributed by atoms with Crippen molar-refractivity contribution in [1.82, 2.24) is 4.90 Å². The third-order valence-electron chi connectivity index (χ3n) is 3.68. The Morgan fingerprint density at radius 3 is 2.33 bits per heavy atom. The summed E-state index contributed by atoms with van der Waals surface area (Å²) < 4.78 is 10.2. The van der Waals surface area contributed by atoms with Gasteiger partial charge in [0.1, 0.15) is 0 Å². The standard InChI is InChI=1S/C19H29NO4/c1-4-7-8-11-14-20(19(22)24-6-3)15-16-12-9-10-13-17(16)18(21)23-5-2/h9-10,12-13H,4-8,11,14-15H2,1-3H3. The number of carbonyl (C=O) groups is 2. The largest absolute Gasteiger partial charge is 0.462 e. The molecule has 24 heavy (non-hydrogen) atoms. The van der Waals surface area contributed by atoms with E-state index in [1.807, 2.05) is 12.1 Å². The Kier molecular flexibility index (Phi) is 9.58. The number of hydrogen-bond acceptors (Lipinski definition) is 4. The molecule has 1 aromatic rings. The first kappa shape index (κ1) is 20.0. The van der Waals surface area contributed by atoms with E-state index in [0.29, 0.717) is 31.9 Å². The third-order valence-corrected chi connectivity index (χ3v) is 3.68. The number of benzene rings is 1. The van der Waals surface area contributed by atoms with Gasteiger partial charge in [-0.2, -0.15) is 0 Å². The van der Waals surface area contributed by atoms with Gasteiger partial charge in [-0.05, 0) is 31.9 Å². The van der Waals surface area contributed by atoms with Crippen molar-refractivity contribution in [3.8, 4) is 0 Å². The van der Waals surface area contributed by atoms with Crippen molar-refractivity contribution in [2.24, 2.45) is 0 Å². The zero-order valence-electron chi connectivity index (χ0n) is 15.0. The molecule has 5 nitrogen and oxygen atoms in total. The van der Waals surface area contributed by atoms with Gasteiger partial charge in [0.05, 0.1) is 18.8 Å². The molecule has 1 rings (SSSR count). The molecule has 1 amide bonds. The maximum absolute atomic E-state index is 12.2. The second-order valence-electron chi connectivity index (χ2n) is 5.56. The van der Waals surface area contributed by atoms with Gasteiger partial charge in [0.25, 0.3) is 0 Å². The predicted octanol–water partition coefficient (Wildman–Crippen LogP) is 4.40. The van der Waals surface area contributed by atoms with Crippen molar-refractivity contribution in [3.05, 3.63) is 35.4 Å². The fourth-order valence-corrected chi connectivity index (χ4v) is 2.45. The van der Waals surface area contributed by atoms with Crippen LogP contribution < -0.4 is 0 Å². The highest BCUT2D eigenvalue weighted by atomic mass is 16.6. The second-order valence-corrected chi connectivity index (χ2v) is 5.56. The van der Waals surface area contributed by atoms with Crippen LogP contribution in [0.15, 0.2) is 24.3 Å². The van der Waals surface area contributed by atoms with Gasteiger partial charge in [-0.15, -0.1) is 0 Å². The van der Waals surface area contributed by atoms with E-state index in [2.05, 4.69) is 6.92 Å². The molecule has 0 saturated heterocycles. The first-order chi connectivity index (χ1) is 11.6. The van der Waals surface area contributed by atoms with Crippen molar-refractivity contribution in [2.75, 3.05) is 19.8 Å². The summed E-state index contributed by atoms with van der Waals surface area (Å²) >= 11 is 0. The van der Waals surface area contributed by atoms with Gasteiger partial charge in [0.2, 0.25) is 0 Å². The molecule has 0 spiro atoms. The predicted molar refractivity (Wildman–Crippen MR) is 94.0 cm³/mol. The van der Waals surface area contributed by atoms with Crippen LogP contribution in [0.1, 0.15) is 62.4 Å². The first-order valence-electron chi connectivity index (χ1n) is 8.80. The summed E-state index contributed by atoms with van der Waals surface area (Å²) in [5.41, 5.74) is 1.28. The Labute approximate surface area is 144 Å². The average Bonchev–Trinajstić information content (AvgIpc) is 2.58. The highest BCUT2D eigenvalue weighted by Gasteiger charge is 2.19. The van der Waals surface area contributed by atoms with Crippen LogP contribution in [0.5, 0.6) is 0 Å². The molecule has 0 heterocycles. The molecule has 0 bridgehead atoms. The van der Waals surface area contributed by atoms with E-state index in [1.165, 1.54) is 0 Å². The minimum Gasteiger partial charge on any atom is -0.462 e. The van der Waals surface area contributed by atoms with E-state index in [1.54, 1.807) is 30.9 Å². The molecule has 1 aromatic carbocycles. The molecule has 134 valence electrons.